The molecule has 4 heterocycles. The van der Waals surface area contributed by atoms with E-state index < -0.39 is 46.8 Å². The van der Waals surface area contributed by atoms with Crippen molar-refractivity contribution in [2.75, 3.05) is 0 Å². The number of fused-ring (bicyclic) bond motifs is 4. The highest BCUT2D eigenvalue weighted by molar-refractivity contribution is 7.85. The molecule has 14 heteroatoms. The normalized spacial score (nSPS) is 17.0. The molecular weight excluding hydrogens is 966 g/mol. The second-order valence-electron chi connectivity index (χ2n) is 21.0. The number of para-hydroxylation sites is 6. The van der Waals surface area contributed by atoms with E-state index in [0.717, 1.165) is 22.3 Å². The molecule has 0 atom stereocenters. The van der Waals surface area contributed by atoms with Gasteiger partial charge in [0.05, 0.1) is 10.6 Å². The summed E-state index contributed by atoms with van der Waals surface area (Å²) in [6.07, 6.45) is 2.82. The summed E-state index contributed by atoms with van der Waals surface area (Å²) in [5.41, 5.74) is 2.29. The van der Waals surface area contributed by atoms with Crippen molar-refractivity contribution in [2.24, 2.45) is 0 Å². The molecule has 4 aliphatic rings. The molecule has 11 nitrogen and oxygen atoms in total. The topological polar surface area (TPSA) is 109 Å². The van der Waals surface area contributed by atoms with Gasteiger partial charge in [0.15, 0.2) is 53.1 Å². The first-order valence-corrected chi connectivity index (χ1v) is 28.1. The zero-order valence-corrected chi connectivity index (χ0v) is 44.3. The van der Waals surface area contributed by atoms with E-state index in [1.807, 2.05) is 195 Å². The maximum absolute atomic E-state index is 17.0. The lowest BCUT2D eigenvalue weighted by atomic mass is 10.0. The predicted octanol–water partition coefficient (Wildman–Crippen LogP) is 13.7. The summed E-state index contributed by atoms with van der Waals surface area (Å²) in [6, 6.07) is 47.2. The van der Waals surface area contributed by atoms with Crippen LogP contribution in [0.25, 0.3) is 0 Å². The highest BCUT2D eigenvalue weighted by Crippen LogP contribution is 2.57. The molecule has 11 rings (SSSR count). The van der Waals surface area contributed by atoms with Gasteiger partial charge in [0.1, 0.15) is 33.9 Å². The smallest absolute Gasteiger partial charge is 0.483 e. The Bertz CT molecular complexity index is 2910. The molecule has 0 saturated carbocycles. The van der Waals surface area contributed by atoms with Gasteiger partial charge in [0, 0.05) is 53.2 Å². The fourth-order valence-corrected chi connectivity index (χ4v) is 15.0. The van der Waals surface area contributed by atoms with Crippen LogP contribution in [0.3, 0.4) is 0 Å². The van der Waals surface area contributed by atoms with Crippen LogP contribution in [0.5, 0.6) is 57.5 Å². The Balaban J connectivity index is 1.00. The van der Waals surface area contributed by atoms with Gasteiger partial charge in [-0.1, -0.05) is 103 Å². The third-order valence-corrected chi connectivity index (χ3v) is 18.0. The van der Waals surface area contributed by atoms with Crippen LogP contribution in [-0.2, 0) is 30.2 Å². The first-order chi connectivity index (χ1) is 34.4. The monoisotopic (exact) mass is 1020 g/mol. The SMILES string of the molecule is CC1(C)Cc2cccc(OP(Oc3ccccc3P(=O)(c3ccccc3)c3ccccc3OP(Oc3cccc4c3OC(C)(C)C4)Oc3cccc4c3OC(C)(C)C4)Oc3cccc4c3OC(C)(C)C4)c2O1. The van der Waals surface area contributed by atoms with Gasteiger partial charge in [0.25, 0.3) is 0 Å². The van der Waals surface area contributed by atoms with Crippen LogP contribution >= 0.6 is 24.3 Å². The molecule has 7 aromatic carbocycles. The van der Waals surface area contributed by atoms with Crippen LogP contribution in [0.1, 0.15) is 77.6 Å². The Morgan fingerprint density at radius 2 is 0.611 bits per heavy atom. The van der Waals surface area contributed by atoms with Crippen molar-refractivity contribution in [1.29, 1.82) is 0 Å². The van der Waals surface area contributed by atoms with E-state index in [0.29, 0.717) is 87.6 Å². The minimum Gasteiger partial charge on any atom is -0.483 e. The summed E-state index contributed by atoms with van der Waals surface area (Å²) in [6.45, 7) is 16.4. The van der Waals surface area contributed by atoms with Crippen molar-refractivity contribution in [3.63, 3.8) is 0 Å². The molecule has 0 radical (unpaired) electrons. The lowest BCUT2D eigenvalue weighted by Gasteiger charge is -2.27. The Hall–Kier alpha value is -6.37. The summed E-state index contributed by atoms with van der Waals surface area (Å²) >= 11 is 0. The van der Waals surface area contributed by atoms with Gasteiger partial charge < -0.3 is 50.7 Å². The number of hydrogen-bond donors (Lipinski definition) is 0. The minimum absolute atomic E-state index is 0.280. The van der Waals surface area contributed by atoms with Crippen molar-refractivity contribution in [2.45, 2.75) is 103 Å². The van der Waals surface area contributed by atoms with Crippen LogP contribution in [0.15, 0.2) is 152 Å². The molecule has 0 bridgehead atoms. The predicted molar refractivity (Wildman–Crippen MR) is 283 cm³/mol. The van der Waals surface area contributed by atoms with Gasteiger partial charge in [-0.25, -0.2) is 0 Å². The summed E-state index contributed by atoms with van der Waals surface area (Å²) in [4.78, 5) is 0. The van der Waals surface area contributed by atoms with Gasteiger partial charge >= 0.3 is 17.2 Å². The molecule has 370 valence electrons. The Morgan fingerprint density at radius 1 is 0.347 bits per heavy atom. The molecule has 0 N–H and O–H groups in total. The highest BCUT2D eigenvalue weighted by atomic mass is 31.2. The standard InChI is InChI=1S/C58H57O11P3/c1-55(2)34-38-20-16-28-45(51(38)60-55)66-70(67-46-29-17-21-39-35-56(3,4)61-52(39)46)64-43-26-12-14-32-49(43)72(59,42-24-10-9-11-25-42)50-33-15-13-27-44(50)65-71(68-47-30-18-22-40-36-57(5,6)62-53(40)47)69-48-31-19-23-41-37-58(7,8)63-54(41)48/h9-33H,34-37H2,1-8H3. The van der Waals surface area contributed by atoms with Crippen LogP contribution in [0.2, 0.25) is 0 Å². The number of benzene rings is 7. The molecule has 4 aliphatic heterocycles. The maximum atomic E-state index is 17.0. The number of hydrogen-bond acceptors (Lipinski definition) is 11. The Morgan fingerprint density at radius 3 is 0.931 bits per heavy atom. The summed E-state index contributed by atoms with van der Waals surface area (Å²) < 4.78 is 84.0. The molecule has 0 unspecified atom stereocenters. The number of ether oxygens (including phenoxy) is 4. The maximum Gasteiger partial charge on any atom is 0.530 e. The van der Waals surface area contributed by atoms with Gasteiger partial charge in [-0.15, -0.1) is 0 Å². The van der Waals surface area contributed by atoms with E-state index in [2.05, 4.69) is 0 Å². The Kier molecular flexibility index (Phi) is 12.2. The molecule has 72 heavy (non-hydrogen) atoms. The Labute approximate surface area is 424 Å². The van der Waals surface area contributed by atoms with E-state index in [9.17, 15) is 0 Å². The van der Waals surface area contributed by atoms with Crippen LogP contribution < -0.4 is 62.0 Å². The molecule has 0 fully saturated rings. The molecule has 0 aromatic heterocycles. The van der Waals surface area contributed by atoms with E-state index in [4.69, 9.17) is 46.1 Å². The second-order valence-corrected chi connectivity index (χ2v) is 25.7. The third kappa shape index (κ3) is 9.55. The van der Waals surface area contributed by atoms with Crippen LogP contribution in [-0.4, -0.2) is 22.4 Å². The van der Waals surface area contributed by atoms with Crippen LogP contribution in [0, 0.1) is 0 Å². The van der Waals surface area contributed by atoms with E-state index in [-0.39, 0.29) is 11.5 Å². The zero-order chi connectivity index (χ0) is 50.0. The summed E-state index contributed by atoms with van der Waals surface area (Å²) in [7, 11) is -8.64. The molecular formula is C58H57O11P3. The van der Waals surface area contributed by atoms with Crippen molar-refractivity contribution in [1.82, 2.24) is 0 Å². The zero-order valence-electron chi connectivity index (χ0n) is 41.6. The van der Waals surface area contributed by atoms with Crippen molar-refractivity contribution >= 4 is 40.3 Å². The van der Waals surface area contributed by atoms with Crippen molar-refractivity contribution < 1.29 is 50.7 Å². The lowest BCUT2D eigenvalue weighted by molar-refractivity contribution is 0.134. The van der Waals surface area contributed by atoms with Gasteiger partial charge in [-0.3, -0.25) is 0 Å². The highest BCUT2D eigenvalue weighted by Gasteiger charge is 2.42. The van der Waals surface area contributed by atoms with Gasteiger partial charge in [-0.05, 0) is 104 Å². The minimum atomic E-state index is -3.97. The third-order valence-electron chi connectivity index (χ3n) is 12.8. The van der Waals surface area contributed by atoms with E-state index in [1.165, 1.54) is 0 Å². The first-order valence-electron chi connectivity index (χ1n) is 24.2. The second kappa shape index (κ2) is 18.3. The largest absolute Gasteiger partial charge is 0.530 e. The fraction of sp³-hybridized carbons (Fsp3) is 0.276. The van der Waals surface area contributed by atoms with Gasteiger partial charge in [-0.2, -0.15) is 0 Å². The molecule has 7 aromatic rings. The molecule has 0 saturated heterocycles. The lowest BCUT2D eigenvalue weighted by Crippen LogP contribution is -2.27. The molecule has 0 aliphatic carbocycles. The average molecular weight is 1020 g/mol. The number of rotatable bonds is 15. The van der Waals surface area contributed by atoms with Gasteiger partial charge in [0.2, 0.25) is 0 Å². The first kappa shape index (κ1) is 47.9. The van der Waals surface area contributed by atoms with E-state index in [1.54, 1.807) is 12.1 Å². The summed E-state index contributed by atoms with van der Waals surface area (Å²) in [5.74, 6) is 4.91. The average Bonchev–Trinajstić information content (AvgIpc) is 4.06. The quantitative estimate of drug-likeness (QED) is 0.0916. The van der Waals surface area contributed by atoms with Crippen molar-refractivity contribution in [3.05, 3.63) is 174 Å². The van der Waals surface area contributed by atoms with Crippen molar-refractivity contribution in [3.8, 4) is 57.5 Å². The summed E-state index contributed by atoms with van der Waals surface area (Å²) in [5, 5.41) is 1.31. The molecule has 0 amide bonds. The van der Waals surface area contributed by atoms with E-state index >= 15 is 4.57 Å². The van der Waals surface area contributed by atoms with Crippen LogP contribution in [0.4, 0.5) is 0 Å². The fourth-order valence-electron chi connectivity index (χ4n) is 9.87. The molecule has 0 spiro atoms.